The molecule has 3 atom stereocenters. The third kappa shape index (κ3) is 6.36. The highest BCUT2D eigenvalue weighted by molar-refractivity contribution is 6.87. The Labute approximate surface area is 243 Å². The molecule has 214 valence electrons. The summed E-state index contributed by atoms with van der Waals surface area (Å²) in [6.45, 7) is 7.96. The highest BCUT2D eigenvalue weighted by Crippen LogP contribution is 2.41. The lowest BCUT2D eigenvalue weighted by Crippen LogP contribution is -2.45. The van der Waals surface area contributed by atoms with Gasteiger partial charge in [-0.1, -0.05) is 87.4 Å². The highest BCUT2D eigenvalue weighted by Gasteiger charge is 2.50. The van der Waals surface area contributed by atoms with Crippen LogP contribution in [0.15, 0.2) is 73.3 Å². The number of hydrogen-bond acceptors (Lipinski definition) is 7. The number of rotatable bonds is 11. The second-order valence-corrected chi connectivity index (χ2v) is 15.6. The molecule has 5 rings (SSSR count). The largest absolute Gasteiger partial charge is 0.382 e. The van der Waals surface area contributed by atoms with E-state index in [1.165, 1.54) is 6.33 Å². The summed E-state index contributed by atoms with van der Waals surface area (Å²) in [5.41, 5.74) is 12.3. The number of nitrogen functional groups attached to an aromatic ring is 1. The summed E-state index contributed by atoms with van der Waals surface area (Å²) in [4.78, 5) is 13.1. The van der Waals surface area contributed by atoms with Gasteiger partial charge in [0.05, 0.1) is 26.1 Å². The van der Waals surface area contributed by atoms with Crippen molar-refractivity contribution in [2.45, 2.75) is 76.5 Å². The predicted molar refractivity (Wildman–Crippen MR) is 163 cm³/mol. The number of imidazole rings is 1. The molecule has 2 N–H and O–H groups in total. The lowest BCUT2D eigenvalue weighted by molar-refractivity contribution is -0.123. The van der Waals surface area contributed by atoms with E-state index in [9.17, 15) is 0 Å². The van der Waals surface area contributed by atoms with Crippen LogP contribution < -0.4 is 5.73 Å². The highest BCUT2D eigenvalue weighted by atomic mass is 28.3. The van der Waals surface area contributed by atoms with Crippen LogP contribution in [0.1, 0.15) is 44.5 Å². The number of aromatic nitrogens is 4. The Balaban J connectivity index is 1.52. The van der Waals surface area contributed by atoms with Gasteiger partial charge < -0.3 is 19.9 Å². The van der Waals surface area contributed by atoms with Gasteiger partial charge in [0, 0.05) is 6.42 Å². The molecule has 2 aromatic carbocycles. The molecule has 0 saturated carbocycles. The summed E-state index contributed by atoms with van der Waals surface area (Å²) in [6, 6.07) is 23.6. The molecule has 8 nitrogen and oxygen atoms in total. The van der Waals surface area contributed by atoms with Crippen molar-refractivity contribution in [2.75, 3.05) is 12.3 Å². The van der Waals surface area contributed by atoms with Crippen molar-refractivity contribution < 1.29 is 14.2 Å². The average molecular weight is 570 g/mol. The van der Waals surface area contributed by atoms with Gasteiger partial charge in [-0.3, -0.25) is 4.57 Å². The molecule has 4 aromatic rings. The zero-order valence-corrected chi connectivity index (χ0v) is 25.1. The smallest absolute Gasteiger partial charge is 0.179 e. The molecule has 9 heteroatoms. The standard InChI is InChI=1S/C32H39N5O3Si/c1-4-41(5-2,6-3)18-17-32(22-38-20-25-13-9-7-10-14-25)27(39-21-26-15-11-8-12-16-26)19-28(40-32)37-24-36-29-30(33)34-23-35-31(29)37/h7-16,23-24,27-28H,4-6,19-22H2,1-3H3,(H2,33,34,35)/t27-,28+,32+/m0/s1. The van der Waals surface area contributed by atoms with E-state index >= 15 is 0 Å². The number of nitrogens with two attached hydrogens (primary N) is 1. The normalized spacial score (nSPS) is 20.7. The Hall–Kier alpha value is -3.55. The van der Waals surface area contributed by atoms with E-state index in [0.29, 0.717) is 36.6 Å². The van der Waals surface area contributed by atoms with E-state index < -0.39 is 19.9 Å². The average Bonchev–Trinajstić information content (AvgIpc) is 3.61. The molecule has 3 heterocycles. The van der Waals surface area contributed by atoms with E-state index in [1.807, 2.05) is 41.0 Å². The SMILES string of the molecule is CC[Si](C#C[C@]1(COCc2ccccc2)O[C@@H](n2cnc3c(N)ncnc32)C[C@@H]1OCc1ccccc1)(CC)CC. The van der Waals surface area contributed by atoms with Crippen LogP contribution >= 0.6 is 0 Å². The summed E-state index contributed by atoms with van der Waals surface area (Å²) in [5, 5.41) is 0. The molecule has 1 fully saturated rings. The third-order valence-electron chi connectivity index (χ3n) is 8.27. The minimum atomic E-state index is -1.80. The molecule has 0 amide bonds. The van der Waals surface area contributed by atoms with Gasteiger partial charge in [-0.05, 0) is 29.3 Å². The fraction of sp³-hybridized carbons (Fsp3) is 0.406. The molecule has 0 spiro atoms. The Kier molecular flexibility index (Phi) is 9.15. The van der Waals surface area contributed by atoms with E-state index in [2.05, 4.69) is 71.5 Å². The van der Waals surface area contributed by atoms with E-state index in [0.717, 1.165) is 29.3 Å². The van der Waals surface area contributed by atoms with Gasteiger partial charge in [0.2, 0.25) is 0 Å². The number of ether oxygens (including phenoxy) is 3. The van der Waals surface area contributed by atoms with E-state index in [4.69, 9.17) is 19.9 Å². The lowest BCUT2D eigenvalue weighted by Gasteiger charge is -2.31. The number of fused-ring (bicyclic) bond motifs is 1. The van der Waals surface area contributed by atoms with Gasteiger partial charge in [-0.2, -0.15) is 0 Å². The number of hydrogen-bond donors (Lipinski definition) is 1. The molecule has 0 radical (unpaired) electrons. The van der Waals surface area contributed by atoms with Crippen molar-refractivity contribution in [1.29, 1.82) is 0 Å². The van der Waals surface area contributed by atoms with Crippen molar-refractivity contribution >= 4 is 25.1 Å². The fourth-order valence-electron chi connectivity index (χ4n) is 5.39. The maximum atomic E-state index is 6.93. The van der Waals surface area contributed by atoms with Crippen LogP contribution in [0.25, 0.3) is 11.2 Å². The number of benzene rings is 2. The summed E-state index contributed by atoms with van der Waals surface area (Å²) < 4.78 is 21.9. The summed E-state index contributed by atoms with van der Waals surface area (Å²) >= 11 is 0. The van der Waals surface area contributed by atoms with Gasteiger partial charge >= 0.3 is 0 Å². The number of anilines is 1. The Bertz CT molecular complexity index is 1470. The quantitative estimate of drug-likeness (QED) is 0.177. The molecule has 1 aliphatic rings. The Morgan fingerprint density at radius 1 is 0.951 bits per heavy atom. The zero-order chi connectivity index (χ0) is 28.7. The van der Waals surface area contributed by atoms with Crippen molar-refractivity contribution in [3.05, 3.63) is 84.4 Å². The van der Waals surface area contributed by atoms with Crippen molar-refractivity contribution in [2.24, 2.45) is 0 Å². The van der Waals surface area contributed by atoms with Crippen LogP contribution in [0, 0.1) is 11.5 Å². The molecule has 1 aliphatic heterocycles. The van der Waals surface area contributed by atoms with Crippen LogP contribution in [0.4, 0.5) is 5.82 Å². The minimum absolute atomic E-state index is 0.274. The van der Waals surface area contributed by atoms with Gasteiger partial charge in [0.15, 0.2) is 17.1 Å². The van der Waals surface area contributed by atoms with Crippen LogP contribution in [-0.2, 0) is 27.4 Å². The molecule has 0 bridgehead atoms. The van der Waals surface area contributed by atoms with Crippen molar-refractivity contribution in [3.8, 4) is 11.5 Å². The maximum Gasteiger partial charge on any atom is 0.179 e. The summed E-state index contributed by atoms with van der Waals surface area (Å²) in [5.74, 6) is 4.00. The minimum Gasteiger partial charge on any atom is -0.382 e. The van der Waals surface area contributed by atoms with Crippen molar-refractivity contribution in [1.82, 2.24) is 19.5 Å². The first kappa shape index (κ1) is 29.0. The Morgan fingerprint density at radius 3 is 2.27 bits per heavy atom. The second kappa shape index (κ2) is 13.0. The summed E-state index contributed by atoms with van der Waals surface area (Å²) in [7, 11) is -1.80. The van der Waals surface area contributed by atoms with Gasteiger partial charge in [0.25, 0.3) is 0 Å². The first-order chi connectivity index (χ1) is 20.0. The molecule has 41 heavy (non-hydrogen) atoms. The predicted octanol–water partition coefficient (Wildman–Crippen LogP) is 5.92. The van der Waals surface area contributed by atoms with Gasteiger partial charge in [-0.15, -0.1) is 5.54 Å². The molecular formula is C32H39N5O3Si. The maximum absolute atomic E-state index is 6.93. The summed E-state index contributed by atoms with van der Waals surface area (Å²) in [6.07, 6.45) is 2.97. The van der Waals surface area contributed by atoms with Gasteiger partial charge in [0.1, 0.15) is 32.2 Å². The van der Waals surface area contributed by atoms with E-state index in [1.54, 1.807) is 6.33 Å². The van der Waals surface area contributed by atoms with Crippen LogP contribution in [-0.4, -0.2) is 45.9 Å². The molecule has 2 aromatic heterocycles. The number of nitrogens with zero attached hydrogens (tertiary/aromatic N) is 4. The molecule has 0 unspecified atom stereocenters. The third-order valence-corrected chi connectivity index (χ3v) is 13.0. The Morgan fingerprint density at radius 2 is 1.61 bits per heavy atom. The first-order valence-electron chi connectivity index (χ1n) is 14.4. The lowest BCUT2D eigenvalue weighted by atomic mass is 9.98. The zero-order valence-electron chi connectivity index (χ0n) is 24.1. The topological polar surface area (TPSA) is 97.3 Å². The molecule has 0 aliphatic carbocycles. The van der Waals surface area contributed by atoms with Crippen LogP contribution in [0.5, 0.6) is 0 Å². The van der Waals surface area contributed by atoms with E-state index in [-0.39, 0.29) is 12.7 Å². The monoisotopic (exact) mass is 569 g/mol. The fourth-order valence-corrected chi connectivity index (χ4v) is 7.89. The van der Waals surface area contributed by atoms with Gasteiger partial charge in [-0.25, -0.2) is 15.0 Å². The first-order valence-corrected chi connectivity index (χ1v) is 17.1. The van der Waals surface area contributed by atoms with Crippen LogP contribution in [0.2, 0.25) is 18.1 Å². The molecular weight excluding hydrogens is 530 g/mol. The molecule has 1 saturated heterocycles. The van der Waals surface area contributed by atoms with Crippen LogP contribution in [0.3, 0.4) is 0 Å². The van der Waals surface area contributed by atoms with Crippen molar-refractivity contribution in [3.63, 3.8) is 0 Å². The second-order valence-electron chi connectivity index (χ2n) is 10.6.